The molecule has 0 spiro atoms. The van der Waals surface area contributed by atoms with Gasteiger partial charge in [0.15, 0.2) is 23.1 Å². The van der Waals surface area contributed by atoms with E-state index in [2.05, 4.69) is 6.92 Å². The molecular formula is C25H32F2O2. The Kier molecular flexibility index (Phi) is 7.91. The summed E-state index contributed by atoms with van der Waals surface area (Å²) in [5, 5.41) is 0. The van der Waals surface area contributed by atoms with E-state index in [4.69, 9.17) is 9.47 Å². The van der Waals surface area contributed by atoms with Crippen LogP contribution < -0.4 is 9.47 Å². The molecule has 1 saturated carbocycles. The summed E-state index contributed by atoms with van der Waals surface area (Å²) in [7, 11) is 0. The largest absolute Gasteiger partial charge is 0.491 e. The zero-order valence-electron chi connectivity index (χ0n) is 17.6. The summed E-state index contributed by atoms with van der Waals surface area (Å²) in [6.45, 7) is 5.24. The van der Waals surface area contributed by atoms with Crippen molar-refractivity contribution in [3.05, 3.63) is 48.0 Å². The standard InChI is InChI=1S/C25H32F2O2/c1-3-5-18-6-8-19(9-7-18)17-29-25-13-11-21(16-23(25)27)20-10-12-24(22(26)15-20)28-14-4-2/h10-13,15-16,18-19H,3-9,14,17H2,1-2H3/t18-,19-. The predicted octanol–water partition coefficient (Wildman–Crippen LogP) is 7.41. The molecule has 0 radical (unpaired) electrons. The molecule has 0 amide bonds. The van der Waals surface area contributed by atoms with Gasteiger partial charge in [-0.15, -0.1) is 0 Å². The van der Waals surface area contributed by atoms with Gasteiger partial charge >= 0.3 is 0 Å². The maximum Gasteiger partial charge on any atom is 0.165 e. The fourth-order valence-corrected chi connectivity index (χ4v) is 4.11. The molecule has 0 atom stereocenters. The predicted molar refractivity (Wildman–Crippen MR) is 113 cm³/mol. The SMILES string of the molecule is CCCOc1ccc(-c2ccc(OC[C@H]3CC[C@H](CCC)CC3)c(F)c2)cc1F. The molecule has 0 bridgehead atoms. The lowest BCUT2D eigenvalue weighted by Gasteiger charge is -2.28. The normalized spacial score (nSPS) is 19.2. The first kappa shape index (κ1) is 21.6. The summed E-state index contributed by atoms with van der Waals surface area (Å²) in [5.74, 6) is 1.01. The summed E-state index contributed by atoms with van der Waals surface area (Å²) in [5.41, 5.74) is 1.24. The first-order chi connectivity index (χ1) is 14.1. The van der Waals surface area contributed by atoms with E-state index >= 15 is 0 Å². The molecule has 2 aromatic carbocycles. The molecule has 0 aromatic heterocycles. The van der Waals surface area contributed by atoms with Crippen LogP contribution in [0.3, 0.4) is 0 Å². The lowest BCUT2D eigenvalue weighted by Crippen LogP contribution is -2.20. The monoisotopic (exact) mass is 402 g/mol. The third kappa shape index (κ3) is 5.94. The van der Waals surface area contributed by atoms with Crippen LogP contribution in [-0.2, 0) is 0 Å². The average Bonchev–Trinajstić information content (AvgIpc) is 2.73. The highest BCUT2D eigenvalue weighted by Crippen LogP contribution is 2.33. The van der Waals surface area contributed by atoms with E-state index in [1.807, 2.05) is 6.92 Å². The van der Waals surface area contributed by atoms with Crippen LogP contribution in [0.2, 0.25) is 0 Å². The maximum atomic E-state index is 14.6. The first-order valence-corrected chi connectivity index (χ1v) is 11.0. The van der Waals surface area contributed by atoms with Gasteiger partial charge in [-0.25, -0.2) is 8.78 Å². The summed E-state index contributed by atoms with van der Waals surface area (Å²) in [4.78, 5) is 0. The van der Waals surface area contributed by atoms with Crippen molar-refractivity contribution in [1.82, 2.24) is 0 Å². The van der Waals surface area contributed by atoms with Gasteiger partial charge < -0.3 is 9.47 Å². The Labute approximate surface area is 173 Å². The van der Waals surface area contributed by atoms with Crippen LogP contribution in [0.15, 0.2) is 36.4 Å². The van der Waals surface area contributed by atoms with Crippen molar-refractivity contribution in [3.63, 3.8) is 0 Å². The zero-order chi connectivity index (χ0) is 20.6. The van der Waals surface area contributed by atoms with E-state index in [0.717, 1.165) is 25.2 Å². The van der Waals surface area contributed by atoms with Crippen molar-refractivity contribution in [2.45, 2.75) is 58.8 Å². The minimum Gasteiger partial charge on any atom is -0.491 e. The van der Waals surface area contributed by atoms with Crippen molar-refractivity contribution in [2.24, 2.45) is 11.8 Å². The second-order valence-corrected chi connectivity index (χ2v) is 8.13. The van der Waals surface area contributed by atoms with Crippen LogP contribution >= 0.6 is 0 Å². The lowest BCUT2D eigenvalue weighted by molar-refractivity contribution is 0.174. The Hall–Kier alpha value is -2.10. The van der Waals surface area contributed by atoms with E-state index in [1.54, 1.807) is 24.3 Å². The Morgan fingerprint density at radius 1 is 0.759 bits per heavy atom. The molecular weight excluding hydrogens is 370 g/mol. The number of ether oxygens (including phenoxy) is 2. The Morgan fingerprint density at radius 3 is 1.83 bits per heavy atom. The van der Waals surface area contributed by atoms with Crippen molar-refractivity contribution < 1.29 is 18.3 Å². The van der Waals surface area contributed by atoms with Crippen LogP contribution in [0.5, 0.6) is 11.5 Å². The highest BCUT2D eigenvalue weighted by atomic mass is 19.1. The van der Waals surface area contributed by atoms with Gasteiger partial charge in [-0.1, -0.05) is 51.7 Å². The van der Waals surface area contributed by atoms with Gasteiger partial charge in [0.2, 0.25) is 0 Å². The molecule has 3 rings (SSSR count). The Morgan fingerprint density at radius 2 is 1.31 bits per heavy atom. The molecule has 0 aliphatic heterocycles. The quantitative estimate of drug-likeness (QED) is 0.435. The van der Waals surface area contributed by atoms with Crippen LogP contribution in [0.25, 0.3) is 11.1 Å². The average molecular weight is 403 g/mol. The van der Waals surface area contributed by atoms with Crippen LogP contribution in [0.1, 0.15) is 58.8 Å². The summed E-state index contributed by atoms with van der Waals surface area (Å²) in [6.07, 6.45) is 8.22. The molecule has 0 unspecified atom stereocenters. The maximum absolute atomic E-state index is 14.6. The number of benzene rings is 2. The fourth-order valence-electron chi connectivity index (χ4n) is 4.11. The smallest absolute Gasteiger partial charge is 0.165 e. The second-order valence-electron chi connectivity index (χ2n) is 8.13. The van der Waals surface area contributed by atoms with Crippen LogP contribution in [-0.4, -0.2) is 13.2 Å². The number of rotatable bonds is 9. The highest BCUT2D eigenvalue weighted by Gasteiger charge is 2.21. The number of halogens is 2. The molecule has 0 saturated heterocycles. The van der Waals surface area contributed by atoms with E-state index < -0.39 is 11.6 Å². The molecule has 2 aromatic rings. The van der Waals surface area contributed by atoms with E-state index in [0.29, 0.717) is 30.3 Å². The molecule has 1 aliphatic rings. The minimum atomic E-state index is -0.435. The number of hydrogen-bond donors (Lipinski definition) is 0. The molecule has 0 heterocycles. The van der Waals surface area contributed by atoms with Crippen LogP contribution in [0, 0.1) is 23.5 Å². The first-order valence-electron chi connectivity index (χ1n) is 11.0. The van der Waals surface area contributed by atoms with Crippen molar-refractivity contribution in [3.8, 4) is 22.6 Å². The van der Waals surface area contributed by atoms with E-state index in [9.17, 15) is 8.78 Å². The van der Waals surface area contributed by atoms with Gasteiger partial charge in [-0.3, -0.25) is 0 Å². The molecule has 158 valence electrons. The van der Waals surface area contributed by atoms with Gasteiger partial charge in [-0.05, 0) is 66.5 Å². The van der Waals surface area contributed by atoms with Crippen molar-refractivity contribution >= 4 is 0 Å². The molecule has 4 heteroatoms. The summed E-state index contributed by atoms with van der Waals surface area (Å²) < 4.78 is 39.9. The van der Waals surface area contributed by atoms with Crippen molar-refractivity contribution in [2.75, 3.05) is 13.2 Å². The molecule has 0 N–H and O–H groups in total. The van der Waals surface area contributed by atoms with Crippen molar-refractivity contribution in [1.29, 1.82) is 0 Å². The van der Waals surface area contributed by atoms with Gasteiger partial charge in [-0.2, -0.15) is 0 Å². The third-order valence-electron chi connectivity index (χ3n) is 5.80. The highest BCUT2D eigenvalue weighted by molar-refractivity contribution is 5.65. The molecule has 2 nitrogen and oxygen atoms in total. The fraction of sp³-hybridized carbons (Fsp3) is 0.520. The summed E-state index contributed by atoms with van der Waals surface area (Å²) >= 11 is 0. The van der Waals surface area contributed by atoms with Gasteiger partial charge in [0.25, 0.3) is 0 Å². The summed E-state index contributed by atoms with van der Waals surface area (Å²) in [6, 6.07) is 9.56. The number of hydrogen-bond acceptors (Lipinski definition) is 2. The Bertz CT molecular complexity index is 782. The van der Waals surface area contributed by atoms with E-state index in [-0.39, 0.29) is 11.5 Å². The molecule has 1 fully saturated rings. The Balaban J connectivity index is 1.58. The zero-order valence-corrected chi connectivity index (χ0v) is 17.6. The third-order valence-corrected chi connectivity index (χ3v) is 5.80. The lowest BCUT2D eigenvalue weighted by atomic mass is 9.80. The topological polar surface area (TPSA) is 18.5 Å². The van der Waals surface area contributed by atoms with E-state index in [1.165, 1.54) is 37.8 Å². The minimum absolute atomic E-state index is 0.227. The second kappa shape index (κ2) is 10.6. The van der Waals surface area contributed by atoms with Gasteiger partial charge in [0, 0.05) is 0 Å². The van der Waals surface area contributed by atoms with Crippen LogP contribution in [0.4, 0.5) is 8.78 Å². The molecule has 1 aliphatic carbocycles. The van der Waals surface area contributed by atoms with Gasteiger partial charge in [0.05, 0.1) is 13.2 Å². The molecule has 29 heavy (non-hydrogen) atoms. The van der Waals surface area contributed by atoms with Gasteiger partial charge in [0.1, 0.15) is 0 Å².